The second-order valence-corrected chi connectivity index (χ2v) is 6.31. The van der Waals surface area contributed by atoms with E-state index in [-0.39, 0.29) is 24.5 Å². The molecule has 0 aliphatic carbocycles. The van der Waals surface area contributed by atoms with Crippen LogP contribution >= 0.6 is 23.4 Å². The molecule has 0 spiro atoms. The molecule has 1 aromatic carbocycles. The van der Waals surface area contributed by atoms with Crippen molar-refractivity contribution in [1.82, 2.24) is 5.32 Å². The number of benzene rings is 1. The lowest BCUT2D eigenvalue weighted by Crippen LogP contribution is -2.35. The number of fused-ring (bicyclic) bond motifs is 1. The third-order valence-electron chi connectivity index (χ3n) is 3.36. The molecule has 0 bridgehead atoms. The van der Waals surface area contributed by atoms with Crippen molar-refractivity contribution in [2.24, 2.45) is 5.73 Å². The summed E-state index contributed by atoms with van der Waals surface area (Å²) in [7, 11) is 1.57. The van der Waals surface area contributed by atoms with Crippen LogP contribution in [0.3, 0.4) is 0 Å². The molecule has 110 valence electrons. The maximum atomic E-state index is 12.0. The van der Waals surface area contributed by atoms with Crippen LogP contribution in [0.25, 0.3) is 0 Å². The standard InChI is InChI=1S/C14H19ClN2O2S/c1-19-10(8-16)7-14(18)17-12-4-5-20-13-3-2-9(15)6-11(12)13/h2-3,6,10,12H,4-5,7-8,16H2,1H3,(H,17,18). The zero-order chi connectivity index (χ0) is 14.5. The number of thioether (sulfide) groups is 1. The zero-order valence-corrected chi connectivity index (χ0v) is 13.0. The minimum absolute atomic E-state index is 0.0210. The lowest BCUT2D eigenvalue weighted by atomic mass is 10.0. The number of carbonyl (C=O) groups is 1. The Kier molecular flexibility index (Phi) is 5.72. The molecule has 0 fully saturated rings. The van der Waals surface area contributed by atoms with Crippen LogP contribution < -0.4 is 11.1 Å². The summed E-state index contributed by atoms with van der Waals surface area (Å²) in [6.45, 7) is 0.340. The van der Waals surface area contributed by atoms with Crippen molar-refractivity contribution in [2.45, 2.75) is 29.9 Å². The fourth-order valence-corrected chi connectivity index (χ4v) is 3.52. The summed E-state index contributed by atoms with van der Waals surface area (Å²) in [6, 6.07) is 5.85. The number of rotatable bonds is 5. The lowest BCUT2D eigenvalue weighted by molar-refractivity contribution is -0.124. The minimum atomic E-state index is -0.230. The molecule has 2 unspecified atom stereocenters. The smallest absolute Gasteiger partial charge is 0.223 e. The van der Waals surface area contributed by atoms with Gasteiger partial charge in [-0.1, -0.05) is 11.6 Å². The zero-order valence-electron chi connectivity index (χ0n) is 11.4. The topological polar surface area (TPSA) is 64.3 Å². The number of amides is 1. The van der Waals surface area contributed by atoms with Gasteiger partial charge in [-0.15, -0.1) is 11.8 Å². The number of nitrogens with one attached hydrogen (secondary N) is 1. The van der Waals surface area contributed by atoms with Crippen molar-refractivity contribution >= 4 is 29.3 Å². The van der Waals surface area contributed by atoms with Crippen molar-refractivity contribution in [3.8, 4) is 0 Å². The molecule has 3 N–H and O–H groups in total. The van der Waals surface area contributed by atoms with Crippen molar-refractivity contribution in [1.29, 1.82) is 0 Å². The number of hydrogen-bond donors (Lipinski definition) is 2. The van der Waals surface area contributed by atoms with E-state index in [1.807, 2.05) is 18.2 Å². The largest absolute Gasteiger partial charge is 0.380 e. The summed E-state index contributed by atoms with van der Waals surface area (Å²) in [5.41, 5.74) is 6.64. The molecule has 1 aliphatic heterocycles. The quantitative estimate of drug-likeness (QED) is 0.875. The van der Waals surface area contributed by atoms with E-state index >= 15 is 0 Å². The second-order valence-electron chi connectivity index (χ2n) is 4.74. The van der Waals surface area contributed by atoms with Crippen LogP contribution in [0.1, 0.15) is 24.4 Å². The minimum Gasteiger partial charge on any atom is -0.380 e. The van der Waals surface area contributed by atoms with Crippen molar-refractivity contribution in [3.05, 3.63) is 28.8 Å². The van der Waals surface area contributed by atoms with Gasteiger partial charge >= 0.3 is 0 Å². The van der Waals surface area contributed by atoms with E-state index in [1.165, 1.54) is 4.90 Å². The first kappa shape index (κ1) is 15.6. The molecular formula is C14H19ClN2O2S. The van der Waals surface area contributed by atoms with Gasteiger partial charge in [0, 0.05) is 29.3 Å². The molecule has 6 heteroatoms. The normalized spacial score (nSPS) is 19.2. The first-order valence-corrected chi connectivity index (χ1v) is 7.95. The Bertz CT molecular complexity index is 480. The Morgan fingerprint density at radius 3 is 3.15 bits per heavy atom. The van der Waals surface area contributed by atoms with Crippen LogP contribution in [0.5, 0.6) is 0 Å². The predicted octanol–water partition coefficient (Wildman–Crippen LogP) is 2.36. The number of hydrogen-bond acceptors (Lipinski definition) is 4. The van der Waals surface area contributed by atoms with E-state index in [9.17, 15) is 4.79 Å². The maximum Gasteiger partial charge on any atom is 0.223 e. The van der Waals surface area contributed by atoms with Crippen LogP contribution in [0.4, 0.5) is 0 Å². The van der Waals surface area contributed by atoms with Gasteiger partial charge in [0.15, 0.2) is 0 Å². The number of methoxy groups -OCH3 is 1. The van der Waals surface area contributed by atoms with E-state index in [4.69, 9.17) is 22.1 Å². The number of ether oxygens (including phenoxy) is 1. The van der Waals surface area contributed by atoms with Crippen LogP contribution in [-0.4, -0.2) is 31.4 Å². The van der Waals surface area contributed by atoms with E-state index in [0.29, 0.717) is 11.6 Å². The molecule has 4 nitrogen and oxygen atoms in total. The van der Waals surface area contributed by atoms with E-state index in [0.717, 1.165) is 17.7 Å². The van der Waals surface area contributed by atoms with Crippen molar-refractivity contribution < 1.29 is 9.53 Å². The lowest BCUT2D eigenvalue weighted by Gasteiger charge is -2.26. The van der Waals surface area contributed by atoms with Gasteiger partial charge in [-0.05, 0) is 30.2 Å². The average molecular weight is 315 g/mol. The molecule has 1 aliphatic rings. The average Bonchev–Trinajstić information content (AvgIpc) is 2.45. The van der Waals surface area contributed by atoms with Gasteiger partial charge in [-0.3, -0.25) is 4.79 Å². The van der Waals surface area contributed by atoms with Gasteiger partial charge in [0.1, 0.15) is 0 Å². The molecule has 0 saturated heterocycles. The third kappa shape index (κ3) is 3.88. The van der Waals surface area contributed by atoms with Gasteiger partial charge in [0.2, 0.25) is 5.91 Å². The maximum absolute atomic E-state index is 12.0. The Balaban J connectivity index is 2.04. The van der Waals surface area contributed by atoms with Gasteiger partial charge in [0.25, 0.3) is 0 Å². The van der Waals surface area contributed by atoms with Gasteiger partial charge in [-0.2, -0.15) is 0 Å². The molecule has 2 rings (SSSR count). The summed E-state index contributed by atoms with van der Waals surface area (Å²) < 4.78 is 5.14. The first-order valence-electron chi connectivity index (χ1n) is 6.58. The molecule has 20 heavy (non-hydrogen) atoms. The van der Waals surface area contributed by atoms with Crippen LogP contribution in [0, 0.1) is 0 Å². The number of carbonyl (C=O) groups excluding carboxylic acids is 1. The Hall–Kier alpha value is -0.750. The van der Waals surface area contributed by atoms with Gasteiger partial charge < -0.3 is 15.8 Å². The van der Waals surface area contributed by atoms with Crippen molar-refractivity contribution in [2.75, 3.05) is 19.4 Å². The number of halogens is 1. The summed E-state index contributed by atoms with van der Waals surface area (Å²) >= 11 is 7.85. The summed E-state index contributed by atoms with van der Waals surface area (Å²) in [5, 5.41) is 3.75. The highest BCUT2D eigenvalue weighted by molar-refractivity contribution is 7.99. The molecule has 2 atom stereocenters. The van der Waals surface area contributed by atoms with E-state index < -0.39 is 0 Å². The molecule has 0 saturated carbocycles. The first-order chi connectivity index (χ1) is 9.63. The third-order valence-corrected chi connectivity index (χ3v) is 4.71. The summed E-state index contributed by atoms with van der Waals surface area (Å²) in [4.78, 5) is 13.2. The highest BCUT2D eigenvalue weighted by Gasteiger charge is 2.23. The summed E-state index contributed by atoms with van der Waals surface area (Å²) in [6.07, 6.45) is 0.961. The molecule has 1 amide bonds. The van der Waals surface area contributed by atoms with Crippen LogP contribution in [0.2, 0.25) is 5.02 Å². The number of nitrogens with two attached hydrogens (primary N) is 1. The Morgan fingerprint density at radius 1 is 1.65 bits per heavy atom. The van der Waals surface area contributed by atoms with Crippen LogP contribution in [-0.2, 0) is 9.53 Å². The molecule has 1 aromatic rings. The fourth-order valence-electron chi connectivity index (χ4n) is 2.24. The second kappa shape index (κ2) is 7.31. The SMILES string of the molecule is COC(CN)CC(=O)NC1CCSc2ccc(Cl)cc21. The monoisotopic (exact) mass is 314 g/mol. The van der Waals surface area contributed by atoms with Gasteiger partial charge in [0.05, 0.1) is 18.6 Å². The van der Waals surface area contributed by atoms with E-state index in [1.54, 1.807) is 18.9 Å². The molecular weight excluding hydrogens is 296 g/mol. The fraction of sp³-hybridized carbons (Fsp3) is 0.500. The van der Waals surface area contributed by atoms with E-state index in [2.05, 4.69) is 5.32 Å². The summed E-state index contributed by atoms with van der Waals surface area (Å²) in [5.74, 6) is 0.953. The molecule has 0 radical (unpaired) electrons. The van der Waals surface area contributed by atoms with Crippen LogP contribution in [0.15, 0.2) is 23.1 Å². The molecule has 1 heterocycles. The van der Waals surface area contributed by atoms with Gasteiger partial charge in [-0.25, -0.2) is 0 Å². The molecule has 0 aromatic heterocycles. The highest BCUT2D eigenvalue weighted by Crippen LogP contribution is 2.37. The van der Waals surface area contributed by atoms with Crippen molar-refractivity contribution in [3.63, 3.8) is 0 Å². The highest BCUT2D eigenvalue weighted by atomic mass is 35.5. The Labute approximate surface area is 128 Å². The Morgan fingerprint density at radius 2 is 2.45 bits per heavy atom. The predicted molar refractivity (Wildman–Crippen MR) is 82.1 cm³/mol.